The number of halogens is 1. The first kappa shape index (κ1) is 21.0. The molecule has 5 heteroatoms. The van der Waals surface area contributed by atoms with Crippen LogP contribution in [0, 0.1) is 24.7 Å². The number of carbonyl (C=O) groups is 1. The zero-order valence-electron chi connectivity index (χ0n) is 16.1. The van der Waals surface area contributed by atoms with Gasteiger partial charge in [-0.15, -0.1) is 12.4 Å². The fourth-order valence-corrected chi connectivity index (χ4v) is 3.52. The minimum atomic E-state index is 0. The lowest BCUT2D eigenvalue weighted by atomic mass is 9.85. The van der Waals surface area contributed by atoms with E-state index in [4.69, 9.17) is 4.74 Å². The number of nitrogens with one attached hydrogen (secondary N) is 2. The van der Waals surface area contributed by atoms with Crippen molar-refractivity contribution in [3.63, 3.8) is 0 Å². The first-order chi connectivity index (χ1) is 12.1. The molecule has 146 valence electrons. The van der Waals surface area contributed by atoms with Crippen LogP contribution in [0.2, 0.25) is 0 Å². The summed E-state index contributed by atoms with van der Waals surface area (Å²) >= 11 is 0. The van der Waals surface area contributed by atoms with E-state index in [0.717, 1.165) is 36.9 Å². The molecule has 1 aromatic carbocycles. The summed E-state index contributed by atoms with van der Waals surface area (Å²) in [7, 11) is 0. The molecule has 1 aliphatic carbocycles. The summed E-state index contributed by atoms with van der Waals surface area (Å²) in [6.07, 6.45) is 5.63. The summed E-state index contributed by atoms with van der Waals surface area (Å²) < 4.78 is 5.99. The van der Waals surface area contributed by atoms with Crippen LogP contribution in [0.5, 0.6) is 5.75 Å². The number of piperidine rings is 1. The maximum Gasteiger partial charge on any atom is 0.220 e. The quantitative estimate of drug-likeness (QED) is 0.720. The standard InChI is InChI=1S/C21H32N2O2.ClH/c1-15-5-8-19(20(10-15)25-14-17-6-7-17)13-23-21(24)11-16(2)18-4-3-9-22-12-18;/h5,8,10,16-18,22H,3-4,6-7,9,11-14H2,1-2H3,(H,23,24);1H. The number of carbonyl (C=O) groups excluding carboxylic acids is 1. The zero-order chi connectivity index (χ0) is 17.6. The van der Waals surface area contributed by atoms with Crippen LogP contribution in [-0.2, 0) is 11.3 Å². The van der Waals surface area contributed by atoms with Gasteiger partial charge in [-0.1, -0.05) is 19.1 Å². The van der Waals surface area contributed by atoms with Gasteiger partial charge in [0, 0.05) is 18.5 Å². The van der Waals surface area contributed by atoms with Gasteiger partial charge in [0.15, 0.2) is 0 Å². The molecular formula is C21H33ClN2O2. The molecule has 0 aromatic heterocycles. The highest BCUT2D eigenvalue weighted by molar-refractivity contribution is 5.85. The largest absolute Gasteiger partial charge is 0.493 e. The predicted molar refractivity (Wildman–Crippen MR) is 108 cm³/mol. The van der Waals surface area contributed by atoms with Crippen LogP contribution < -0.4 is 15.4 Å². The molecule has 26 heavy (non-hydrogen) atoms. The second kappa shape index (κ2) is 10.2. The van der Waals surface area contributed by atoms with Crippen LogP contribution in [0.3, 0.4) is 0 Å². The Bertz CT molecular complexity index is 583. The van der Waals surface area contributed by atoms with Crippen molar-refractivity contribution in [1.82, 2.24) is 10.6 Å². The highest BCUT2D eigenvalue weighted by Gasteiger charge is 2.23. The maximum atomic E-state index is 12.4. The third kappa shape index (κ3) is 6.48. The molecule has 2 unspecified atom stereocenters. The first-order valence-corrected chi connectivity index (χ1v) is 9.81. The van der Waals surface area contributed by atoms with Crippen LogP contribution in [0.4, 0.5) is 0 Å². The number of hydrogen-bond donors (Lipinski definition) is 2. The van der Waals surface area contributed by atoms with Gasteiger partial charge in [-0.3, -0.25) is 4.79 Å². The monoisotopic (exact) mass is 380 g/mol. The molecule has 1 saturated carbocycles. The predicted octanol–water partition coefficient (Wildman–Crippen LogP) is 3.85. The molecule has 1 saturated heterocycles. The minimum absolute atomic E-state index is 0. The van der Waals surface area contributed by atoms with E-state index in [2.05, 4.69) is 42.7 Å². The molecular weight excluding hydrogens is 348 g/mol. The normalized spacial score (nSPS) is 20.8. The van der Waals surface area contributed by atoms with Gasteiger partial charge in [-0.2, -0.15) is 0 Å². The van der Waals surface area contributed by atoms with Gasteiger partial charge in [0.25, 0.3) is 0 Å². The summed E-state index contributed by atoms with van der Waals surface area (Å²) in [6.45, 7) is 7.79. The van der Waals surface area contributed by atoms with Crippen LogP contribution >= 0.6 is 12.4 Å². The second-order valence-corrected chi connectivity index (χ2v) is 7.93. The van der Waals surface area contributed by atoms with Crippen molar-refractivity contribution in [1.29, 1.82) is 0 Å². The van der Waals surface area contributed by atoms with E-state index in [1.807, 2.05) is 0 Å². The third-order valence-electron chi connectivity index (χ3n) is 5.52. The lowest BCUT2D eigenvalue weighted by Crippen LogP contribution is -2.35. The summed E-state index contributed by atoms with van der Waals surface area (Å²) in [4.78, 5) is 12.4. The Balaban J connectivity index is 0.00000243. The Morgan fingerprint density at radius 1 is 1.35 bits per heavy atom. The molecule has 2 atom stereocenters. The molecule has 3 rings (SSSR count). The highest BCUT2D eigenvalue weighted by Crippen LogP contribution is 2.30. The molecule has 0 spiro atoms. The van der Waals surface area contributed by atoms with Gasteiger partial charge >= 0.3 is 0 Å². The molecule has 0 bridgehead atoms. The maximum absolute atomic E-state index is 12.4. The smallest absolute Gasteiger partial charge is 0.220 e. The Labute approximate surface area is 163 Å². The molecule has 4 nitrogen and oxygen atoms in total. The summed E-state index contributed by atoms with van der Waals surface area (Å²) in [5.41, 5.74) is 2.27. The Kier molecular flexibility index (Phi) is 8.23. The van der Waals surface area contributed by atoms with Crippen LogP contribution in [0.1, 0.15) is 50.2 Å². The van der Waals surface area contributed by atoms with E-state index in [1.54, 1.807) is 0 Å². The molecule has 2 N–H and O–H groups in total. The van der Waals surface area contributed by atoms with E-state index in [1.165, 1.54) is 31.2 Å². The van der Waals surface area contributed by atoms with Crippen LogP contribution in [0.15, 0.2) is 18.2 Å². The van der Waals surface area contributed by atoms with E-state index in [0.29, 0.717) is 24.8 Å². The molecule has 2 fully saturated rings. The highest BCUT2D eigenvalue weighted by atomic mass is 35.5. The lowest BCUT2D eigenvalue weighted by molar-refractivity contribution is -0.122. The van der Waals surface area contributed by atoms with E-state index >= 15 is 0 Å². The Hall–Kier alpha value is -1.26. The number of benzene rings is 1. The van der Waals surface area contributed by atoms with Crippen LogP contribution in [-0.4, -0.2) is 25.6 Å². The van der Waals surface area contributed by atoms with Crippen molar-refractivity contribution in [2.45, 2.75) is 52.5 Å². The molecule has 1 aliphatic heterocycles. The molecule has 1 amide bonds. The lowest BCUT2D eigenvalue weighted by Gasteiger charge is -2.28. The Morgan fingerprint density at radius 3 is 2.85 bits per heavy atom. The van der Waals surface area contributed by atoms with E-state index in [-0.39, 0.29) is 18.3 Å². The van der Waals surface area contributed by atoms with Crippen molar-refractivity contribution < 1.29 is 9.53 Å². The van der Waals surface area contributed by atoms with Crippen molar-refractivity contribution in [2.24, 2.45) is 17.8 Å². The molecule has 0 radical (unpaired) electrons. The van der Waals surface area contributed by atoms with Gasteiger partial charge in [-0.25, -0.2) is 0 Å². The third-order valence-corrected chi connectivity index (χ3v) is 5.52. The molecule has 1 aromatic rings. The molecule has 1 heterocycles. The topological polar surface area (TPSA) is 50.4 Å². The van der Waals surface area contributed by atoms with Crippen molar-refractivity contribution >= 4 is 18.3 Å². The SMILES string of the molecule is Cc1ccc(CNC(=O)CC(C)C2CCCNC2)c(OCC2CC2)c1.Cl. The number of aryl methyl sites for hydroxylation is 1. The average molecular weight is 381 g/mol. The summed E-state index contributed by atoms with van der Waals surface area (Å²) in [5, 5.41) is 6.53. The number of rotatable bonds is 8. The summed E-state index contributed by atoms with van der Waals surface area (Å²) in [5.74, 6) is 2.85. The first-order valence-electron chi connectivity index (χ1n) is 9.81. The fraction of sp³-hybridized carbons (Fsp3) is 0.667. The van der Waals surface area contributed by atoms with E-state index in [9.17, 15) is 4.79 Å². The van der Waals surface area contributed by atoms with E-state index < -0.39 is 0 Å². The van der Waals surface area contributed by atoms with Gasteiger partial charge < -0.3 is 15.4 Å². The van der Waals surface area contributed by atoms with Crippen molar-refractivity contribution in [2.75, 3.05) is 19.7 Å². The van der Waals surface area contributed by atoms with Gasteiger partial charge in [0.1, 0.15) is 5.75 Å². The number of hydrogen-bond acceptors (Lipinski definition) is 3. The summed E-state index contributed by atoms with van der Waals surface area (Å²) in [6, 6.07) is 6.24. The van der Waals surface area contributed by atoms with Crippen molar-refractivity contribution in [3.05, 3.63) is 29.3 Å². The Morgan fingerprint density at radius 2 is 2.15 bits per heavy atom. The second-order valence-electron chi connectivity index (χ2n) is 7.93. The minimum Gasteiger partial charge on any atom is -0.493 e. The zero-order valence-corrected chi connectivity index (χ0v) is 16.9. The van der Waals surface area contributed by atoms with Gasteiger partial charge in [0.2, 0.25) is 5.91 Å². The fourth-order valence-electron chi connectivity index (χ4n) is 3.52. The number of ether oxygens (including phenoxy) is 1. The molecule has 2 aliphatic rings. The van der Waals surface area contributed by atoms with Crippen molar-refractivity contribution in [3.8, 4) is 5.75 Å². The number of amides is 1. The van der Waals surface area contributed by atoms with Gasteiger partial charge in [-0.05, 0) is 75.1 Å². The van der Waals surface area contributed by atoms with Gasteiger partial charge in [0.05, 0.1) is 6.61 Å². The van der Waals surface area contributed by atoms with Crippen LogP contribution in [0.25, 0.3) is 0 Å². The average Bonchev–Trinajstić information content (AvgIpc) is 3.44.